The van der Waals surface area contributed by atoms with Crippen molar-refractivity contribution in [2.24, 2.45) is 0 Å². The highest BCUT2D eigenvalue weighted by molar-refractivity contribution is 6.74. The van der Waals surface area contributed by atoms with Crippen LogP contribution in [0.4, 0.5) is 5.69 Å². The third-order valence-electron chi connectivity index (χ3n) is 9.50. The van der Waals surface area contributed by atoms with Gasteiger partial charge in [-0.05, 0) is 79.7 Å². The van der Waals surface area contributed by atoms with Gasteiger partial charge in [0.1, 0.15) is 0 Å². The average molecular weight is 632 g/mol. The van der Waals surface area contributed by atoms with Crippen molar-refractivity contribution in [1.29, 1.82) is 0 Å². The molecule has 1 aromatic heterocycles. The number of hydrogen-bond donors (Lipinski definition) is 1. The number of nitrogen functional groups attached to an aromatic ring is 1. The molecular weight excluding hydrogens is 579 g/mol. The first-order valence-corrected chi connectivity index (χ1v) is 19.5. The molecule has 0 aliphatic carbocycles. The molecule has 2 amide bonds. The van der Waals surface area contributed by atoms with Crippen molar-refractivity contribution < 1.29 is 14.0 Å². The van der Waals surface area contributed by atoms with Crippen molar-refractivity contribution in [2.75, 3.05) is 25.4 Å². The molecular formula is C36H53N5O3Si. The number of fused-ring (bicyclic) bond motifs is 1. The van der Waals surface area contributed by atoms with E-state index in [1.165, 1.54) is 5.56 Å². The number of aromatic nitrogens is 2. The smallest absolute Gasteiger partial charge is 0.274 e. The SMILES string of the molecule is CCCCN(CCCC)C(=O)c1cc(C)n(-c2ccc(N)cc2C(=O)N2Cc3ccccc3CC2CO[Si](C)(C)C(C)(C)C)n1. The van der Waals surface area contributed by atoms with Gasteiger partial charge in [-0.1, -0.05) is 71.7 Å². The van der Waals surface area contributed by atoms with Crippen molar-refractivity contribution >= 4 is 25.8 Å². The second-order valence-electron chi connectivity index (χ2n) is 14.0. The summed E-state index contributed by atoms with van der Waals surface area (Å²) in [6, 6.07) is 15.4. The highest BCUT2D eigenvalue weighted by Gasteiger charge is 2.39. The number of benzene rings is 2. The van der Waals surface area contributed by atoms with Crippen LogP contribution in [0.25, 0.3) is 5.69 Å². The summed E-state index contributed by atoms with van der Waals surface area (Å²) < 4.78 is 8.41. The Bertz CT molecular complexity index is 1480. The molecule has 0 saturated heterocycles. The summed E-state index contributed by atoms with van der Waals surface area (Å²) in [4.78, 5) is 32.0. The highest BCUT2D eigenvalue weighted by Crippen LogP contribution is 2.37. The van der Waals surface area contributed by atoms with Crippen LogP contribution in [-0.2, 0) is 17.4 Å². The molecule has 1 aliphatic heterocycles. The summed E-state index contributed by atoms with van der Waals surface area (Å²) in [6.45, 7) is 19.7. The van der Waals surface area contributed by atoms with Crippen LogP contribution in [0.1, 0.15) is 98.0 Å². The number of hydrogen-bond acceptors (Lipinski definition) is 5. The Morgan fingerprint density at radius 1 is 1.02 bits per heavy atom. The predicted molar refractivity (Wildman–Crippen MR) is 185 cm³/mol. The largest absolute Gasteiger partial charge is 0.415 e. The minimum absolute atomic E-state index is 0.0604. The molecule has 8 nitrogen and oxygen atoms in total. The highest BCUT2D eigenvalue weighted by atomic mass is 28.4. The first-order chi connectivity index (χ1) is 21.3. The molecule has 2 aromatic carbocycles. The minimum atomic E-state index is -2.05. The fraction of sp³-hybridized carbons (Fsp3) is 0.528. The van der Waals surface area contributed by atoms with E-state index in [-0.39, 0.29) is 22.9 Å². The maximum atomic E-state index is 14.6. The van der Waals surface area contributed by atoms with Gasteiger partial charge in [0.25, 0.3) is 11.8 Å². The van der Waals surface area contributed by atoms with Crippen LogP contribution in [0.15, 0.2) is 48.5 Å². The van der Waals surface area contributed by atoms with Gasteiger partial charge in [-0.3, -0.25) is 9.59 Å². The standard InChI is InChI=1S/C36H53N5O3Si/c1-9-11-19-39(20-12-10-2)35(43)32-21-26(3)41(38-32)33-18-17-29(37)23-31(33)34(42)40-24-28-16-14-13-15-27(28)22-30(40)25-44-45(7,8)36(4,5)6/h13-18,21,23,30H,9-12,19-20,22,24-25,37H2,1-8H3. The van der Waals surface area contributed by atoms with Crippen LogP contribution < -0.4 is 5.73 Å². The Labute approximate surface area is 271 Å². The Morgan fingerprint density at radius 2 is 1.67 bits per heavy atom. The molecule has 0 spiro atoms. The Hall–Kier alpha value is -3.43. The molecule has 2 N–H and O–H groups in total. The van der Waals surface area contributed by atoms with Gasteiger partial charge < -0.3 is 20.0 Å². The van der Waals surface area contributed by atoms with Gasteiger partial charge in [-0.15, -0.1) is 0 Å². The van der Waals surface area contributed by atoms with E-state index >= 15 is 0 Å². The topological polar surface area (TPSA) is 93.7 Å². The second-order valence-corrected chi connectivity index (χ2v) is 18.8. The third kappa shape index (κ3) is 7.87. The fourth-order valence-corrected chi connectivity index (χ4v) is 6.60. The zero-order valence-electron chi connectivity index (χ0n) is 28.7. The number of unbranched alkanes of at least 4 members (excludes halogenated alkanes) is 2. The van der Waals surface area contributed by atoms with Crippen molar-refractivity contribution in [2.45, 2.75) is 104 Å². The van der Waals surface area contributed by atoms with E-state index in [0.717, 1.165) is 43.4 Å². The lowest BCUT2D eigenvalue weighted by Gasteiger charge is -2.41. The molecule has 45 heavy (non-hydrogen) atoms. The monoisotopic (exact) mass is 631 g/mol. The third-order valence-corrected chi connectivity index (χ3v) is 14.0. The molecule has 0 radical (unpaired) electrons. The normalized spacial score (nSPS) is 15.2. The van der Waals surface area contributed by atoms with Crippen molar-refractivity contribution in [1.82, 2.24) is 19.6 Å². The second kappa shape index (κ2) is 14.3. The molecule has 1 aliphatic rings. The van der Waals surface area contributed by atoms with Gasteiger partial charge in [0.15, 0.2) is 14.0 Å². The number of carbonyl (C=O) groups is 2. The number of anilines is 1. The molecule has 3 aromatic rings. The van der Waals surface area contributed by atoms with Crippen LogP contribution in [-0.4, -0.2) is 65.5 Å². The molecule has 1 unspecified atom stereocenters. The van der Waals surface area contributed by atoms with Crippen molar-refractivity contribution in [3.8, 4) is 5.69 Å². The summed E-state index contributed by atoms with van der Waals surface area (Å²) >= 11 is 0. The molecule has 0 bridgehead atoms. The minimum Gasteiger partial charge on any atom is -0.415 e. The van der Waals surface area contributed by atoms with E-state index < -0.39 is 8.32 Å². The van der Waals surface area contributed by atoms with E-state index in [4.69, 9.17) is 15.3 Å². The Balaban J connectivity index is 1.70. The zero-order valence-corrected chi connectivity index (χ0v) is 29.7. The van der Waals surface area contributed by atoms with Gasteiger partial charge in [-0.25, -0.2) is 4.68 Å². The number of nitrogens with zero attached hydrogens (tertiary/aromatic N) is 4. The first-order valence-electron chi connectivity index (χ1n) is 16.5. The zero-order chi connectivity index (χ0) is 32.9. The van der Waals surface area contributed by atoms with Crippen molar-refractivity contribution in [3.05, 3.63) is 76.6 Å². The summed E-state index contributed by atoms with van der Waals surface area (Å²) in [5, 5.41) is 4.84. The number of carbonyl (C=O) groups excluding carboxylic acids is 2. The van der Waals surface area contributed by atoms with E-state index in [1.54, 1.807) is 16.8 Å². The number of aryl methyl sites for hydroxylation is 1. The Kier molecular flexibility index (Phi) is 11.0. The van der Waals surface area contributed by atoms with E-state index in [0.29, 0.717) is 48.9 Å². The molecule has 0 saturated carbocycles. The summed E-state index contributed by atoms with van der Waals surface area (Å²) in [6.07, 6.45) is 4.65. The molecule has 4 rings (SSSR count). The van der Waals surface area contributed by atoms with Gasteiger partial charge in [-0.2, -0.15) is 5.10 Å². The van der Waals surface area contributed by atoms with E-state index in [1.807, 2.05) is 34.9 Å². The van der Waals surface area contributed by atoms with E-state index in [9.17, 15) is 9.59 Å². The van der Waals surface area contributed by atoms with Crippen LogP contribution in [0.3, 0.4) is 0 Å². The maximum absolute atomic E-state index is 14.6. The maximum Gasteiger partial charge on any atom is 0.274 e. The van der Waals surface area contributed by atoms with Crippen LogP contribution in [0.2, 0.25) is 18.1 Å². The number of rotatable bonds is 12. The first kappa shape index (κ1) is 34.4. The predicted octanol–water partition coefficient (Wildman–Crippen LogP) is 7.39. The summed E-state index contributed by atoms with van der Waals surface area (Å²) in [5.41, 5.74) is 11.4. The van der Waals surface area contributed by atoms with Gasteiger partial charge >= 0.3 is 0 Å². The van der Waals surface area contributed by atoms with Crippen LogP contribution >= 0.6 is 0 Å². The summed E-state index contributed by atoms with van der Waals surface area (Å²) in [7, 11) is -2.05. The van der Waals surface area contributed by atoms with Gasteiger partial charge in [0.2, 0.25) is 0 Å². The lowest BCUT2D eigenvalue weighted by atomic mass is 9.93. The molecule has 2 heterocycles. The quantitative estimate of drug-likeness (QED) is 0.166. The van der Waals surface area contributed by atoms with E-state index in [2.05, 4.69) is 65.9 Å². The Morgan fingerprint density at radius 3 is 2.29 bits per heavy atom. The fourth-order valence-electron chi connectivity index (χ4n) is 5.56. The molecule has 9 heteroatoms. The van der Waals surface area contributed by atoms with Crippen LogP contribution in [0, 0.1) is 6.92 Å². The lowest BCUT2D eigenvalue weighted by molar-refractivity contribution is 0.0554. The molecule has 1 atom stereocenters. The molecule has 0 fully saturated rings. The van der Waals surface area contributed by atoms with Crippen molar-refractivity contribution in [3.63, 3.8) is 0 Å². The number of amides is 2. The van der Waals surface area contributed by atoms with Gasteiger partial charge in [0, 0.05) is 31.0 Å². The number of nitrogens with two attached hydrogens (primary N) is 1. The molecule has 244 valence electrons. The van der Waals surface area contributed by atoms with Crippen LogP contribution in [0.5, 0.6) is 0 Å². The lowest BCUT2D eigenvalue weighted by Crippen LogP contribution is -2.50. The average Bonchev–Trinajstić information content (AvgIpc) is 3.39. The summed E-state index contributed by atoms with van der Waals surface area (Å²) in [5.74, 6) is -0.191. The van der Waals surface area contributed by atoms with Gasteiger partial charge in [0.05, 0.1) is 23.9 Å².